The van der Waals surface area contributed by atoms with E-state index in [1.807, 2.05) is 32.2 Å². The zero-order chi connectivity index (χ0) is 23.3. The fourth-order valence-electron chi connectivity index (χ4n) is 4.06. The van der Waals surface area contributed by atoms with Crippen LogP contribution in [0, 0.1) is 5.41 Å². The van der Waals surface area contributed by atoms with Gasteiger partial charge in [-0.05, 0) is 37.8 Å². The van der Waals surface area contributed by atoms with E-state index in [0.29, 0.717) is 24.3 Å². The first-order valence-corrected chi connectivity index (χ1v) is 12.4. The number of carbonyl (C=O) groups is 2. The van der Waals surface area contributed by atoms with Gasteiger partial charge in [0.25, 0.3) is 0 Å². The number of hydrogen-bond acceptors (Lipinski definition) is 8. The third-order valence-electron chi connectivity index (χ3n) is 6.40. The summed E-state index contributed by atoms with van der Waals surface area (Å²) in [6.07, 6.45) is 5.54. The predicted octanol–water partition coefficient (Wildman–Crippen LogP) is 3.81. The van der Waals surface area contributed by atoms with E-state index in [-0.39, 0.29) is 43.4 Å². The summed E-state index contributed by atoms with van der Waals surface area (Å²) in [5, 5.41) is 22.0. The average molecular weight is 466 g/mol. The van der Waals surface area contributed by atoms with Crippen molar-refractivity contribution in [1.29, 1.82) is 0 Å². The van der Waals surface area contributed by atoms with Crippen molar-refractivity contribution in [2.24, 2.45) is 5.41 Å². The topological polar surface area (TPSA) is 109 Å². The maximum Gasteiger partial charge on any atom is 0.306 e. The van der Waals surface area contributed by atoms with Crippen molar-refractivity contribution in [2.75, 3.05) is 0 Å². The molecule has 0 radical (unpaired) electrons. The number of ketones is 1. The van der Waals surface area contributed by atoms with Crippen LogP contribution in [0.15, 0.2) is 11.0 Å². The molecule has 0 spiro atoms. The second-order valence-electron chi connectivity index (χ2n) is 9.59. The Bertz CT molecular complexity index is 832. The molecule has 0 saturated carbocycles. The van der Waals surface area contributed by atoms with Crippen LogP contribution in [0.1, 0.15) is 82.8 Å². The van der Waals surface area contributed by atoms with Crippen molar-refractivity contribution >= 4 is 29.2 Å². The van der Waals surface area contributed by atoms with Crippen LogP contribution in [0.25, 0.3) is 6.08 Å². The van der Waals surface area contributed by atoms with Crippen LogP contribution in [-0.2, 0) is 25.7 Å². The van der Waals surface area contributed by atoms with Gasteiger partial charge in [0.05, 0.1) is 30.6 Å². The van der Waals surface area contributed by atoms with E-state index < -0.39 is 17.6 Å². The zero-order valence-corrected chi connectivity index (χ0v) is 20.0. The van der Waals surface area contributed by atoms with Crippen molar-refractivity contribution < 1.29 is 29.3 Å². The van der Waals surface area contributed by atoms with Crippen LogP contribution in [0.3, 0.4) is 0 Å². The highest BCUT2D eigenvalue weighted by molar-refractivity contribution is 7.09. The van der Waals surface area contributed by atoms with Crippen LogP contribution in [-0.4, -0.2) is 51.4 Å². The number of fused-ring (bicyclic) bond motifs is 1. The Kier molecular flexibility index (Phi) is 8.61. The maximum absolute atomic E-state index is 12.7. The van der Waals surface area contributed by atoms with Gasteiger partial charge < -0.3 is 19.7 Å². The SMILES string of the molecule is C/C(=C\c1csc(CO)n1)C1CC2OC2CCCCC(O)CC(=O)C(C)(C)CCC(=O)O1. The Labute approximate surface area is 193 Å². The largest absolute Gasteiger partial charge is 0.458 e. The van der Waals surface area contributed by atoms with Crippen molar-refractivity contribution in [1.82, 2.24) is 4.98 Å². The van der Waals surface area contributed by atoms with E-state index in [9.17, 15) is 19.8 Å². The summed E-state index contributed by atoms with van der Waals surface area (Å²) in [5.74, 6) is -0.367. The Hall–Kier alpha value is -1.61. The van der Waals surface area contributed by atoms with E-state index in [2.05, 4.69) is 4.98 Å². The molecule has 0 amide bonds. The van der Waals surface area contributed by atoms with E-state index in [1.165, 1.54) is 11.3 Å². The van der Waals surface area contributed by atoms with Gasteiger partial charge in [0.2, 0.25) is 0 Å². The molecule has 3 rings (SSSR count). The number of aromatic nitrogens is 1. The second kappa shape index (κ2) is 11.0. The number of ether oxygens (including phenoxy) is 2. The molecule has 2 fully saturated rings. The normalized spacial score (nSPS) is 30.5. The van der Waals surface area contributed by atoms with E-state index in [1.54, 1.807) is 0 Å². The summed E-state index contributed by atoms with van der Waals surface area (Å²) in [5.41, 5.74) is 0.920. The van der Waals surface area contributed by atoms with E-state index >= 15 is 0 Å². The number of cyclic esters (lactones) is 1. The number of thiazole rings is 1. The predicted molar refractivity (Wildman–Crippen MR) is 122 cm³/mol. The minimum absolute atomic E-state index is 0.0219. The van der Waals surface area contributed by atoms with Gasteiger partial charge in [-0.3, -0.25) is 9.59 Å². The van der Waals surface area contributed by atoms with Gasteiger partial charge >= 0.3 is 5.97 Å². The van der Waals surface area contributed by atoms with Gasteiger partial charge in [0.15, 0.2) is 0 Å². The maximum atomic E-state index is 12.7. The lowest BCUT2D eigenvalue weighted by Gasteiger charge is -2.25. The van der Waals surface area contributed by atoms with Crippen molar-refractivity contribution in [3.05, 3.63) is 21.7 Å². The van der Waals surface area contributed by atoms with Gasteiger partial charge in [0.1, 0.15) is 16.9 Å². The molecule has 1 aromatic rings. The monoisotopic (exact) mass is 465 g/mol. The summed E-state index contributed by atoms with van der Waals surface area (Å²) in [6.45, 7) is 5.47. The summed E-state index contributed by atoms with van der Waals surface area (Å²) in [4.78, 5) is 29.7. The van der Waals surface area contributed by atoms with Crippen LogP contribution in [0.5, 0.6) is 0 Å². The summed E-state index contributed by atoms with van der Waals surface area (Å²) < 4.78 is 11.7. The molecular formula is C24H35NO6S. The first kappa shape index (κ1) is 25.0. The average Bonchev–Trinajstić information content (AvgIpc) is 3.32. The molecule has 0 aliphatic carbocycles. The number of Topliss-reactive ketones (excluding diaryl/α,β-unsaturated/α-hetero) is 1. The molecule has 0 bridgehead atoms. The fraction of sp³-hybridized carbons (Fsp3) is 0.708. The number of rotatable bonds is 3. The van der Waals surface area contributed by atoms with Crippen LogP contribution < -0.4 is 0 Å². The minimum Gasteiger partial charge on any atom is -0.458 e. The highest BCUT2D eigenvalue weighted by Gasteiger charge is 2.41. The van der Waals surface area contributed by atoms with Gasteiger partial charge in [-0.1, -0.05) is 26.7 Å². The minimum atomic E-state index is -0.691. The number of hydrogen-bond donors (Lipinski definition) is 2. The Morgan fingerprint density at radius 3 is 2.75 bits per heavy atom. The number of nitrogens with zero attached hydrogens (tertiary/aromatic N) is 1. The summed E-state index contributed by atoms with van der Waals surface area (Å²) >= 11 is 1.39. The smallest absolute Gasteiger partial charge is 0.306 e. The van der Waals surface area contributed by atoms with E-state index in [4.69, 9.17) is 9.47 Å². The molecule has 2 aliphatic rings. The molecule has 8 heteroatoms. The molecule has 4 atom stereocenters. The number of aliphatic hydroxyl groups is 2. The summed E-state index contributed by atoms with van der Waals surface area (Å²) in [6, 6.07) is 0. The Morgan fingerprint density at radius 2 is 2.03 bits per heavy atom. The van der Waals surface area contributed by atoms with Crippen molar-refractivity contribution in [3.8, 4) is 0 Å². The van der Waals surface area contributed by atoms with Gasteiger partial charge in [-0.25, -0.2) is 4.98 Å². The highest BCUT2D eigenvalue weighted by atomic mass is 32.1. The Balaban J connectivity index is 1.72. The molecule has 178 valence electrons. The molecule has 2 aliphatic heterocycles. The van der Waals surface area contributed by atoms with E-state index in [0.717, 1.165) is 30.5 Å². The van der Waals surface area contributed by atoms with Crippen molar-refractivity contribution in [2.45, 2.75) is 103 Å². The molecular weight excluding hydrogens is 430 g/mol. The number of epoxide rings is 1. The van der Waals surface area contributed by atoms with Gasteiger partial charge in [-0.2, -0.15) is 0 Å². The lowest BCUT2D eigenvalue weighted by molar-refractivity contribution is -0.148. The molecule has 0 aromatic carbocycles. The quantitative estimate of drug-likeness (QED) is 0.516. The third-order valence-corrected chi connectivity index (χ3v) is 7.25. The molecule has 2 N–H and O–H groups in total. The number of aliphatic hydroxyl groups excluding tert-OH is 2. The van der Waals surface area contributed by atoms with Gasteiger partial charge in [0, 0.05) is 30.1 Å². The number of carbonyl (C=O) groups excluding carboxylic acids is 2. The molecule has 4 unspecified atom stereocenters. The van der Waals surface area contributed by atoms with Crippen LogP contribution in [0.2, 0.25) is 0 Å². The second-order valence-corrected chi connectivity index (χ2v) is 10.5. The standard InChI is InChI=1S/C24H35NO6S/c1-15(10-16-14-32-22(13-26)25-16)19-12-20-18(30-20)7-5-4-6-17(27)11-21(28)24(2,3)9-8-23(29)31-19/h10,14,17-20,26-27H,4-9,11-13H2,1-3H3/b15-10+. The molecule has 2 saturated heterocycles. The molecule has 32 heavy (non-hydrogen) atoms. The zero-order valence-electron chi connectivity index (χ0n) is 19.2. The third kappa shape index (κ3) is 7.20. The van der Waals surface area contributed by atoms with Crippen molar-refractivity contribution in [3.63, 3.8) is 0 Å². The van der Waals surface area contributed by atoms with Crippen LogP contribution in [0.4, 0.5) is 0 Å². The first-order chi connectivity index (χ1) is 15.2. The Morgan fingerprint density at radius 1 is 1.28 bits per heavy atom. The lowest BCUT2D eigenvalue weighted by atomic mass is 9.80. The lowest BCUT2D eigenvalue weighted by Crippen LogP contribution is -2.30. The first-order valence-electron chi connectivity index (χ1n) is 11.5. The fourth-order valence-corrected chi connectivity index (χ4v) is 4.67. The molecule has 7 nitrogen and oxygen atoms in total. The van der Waals surface area contributed by atoms with Crippen LogP contribution >= 0.6 is 11.3 Å². The van der Waals surface area contributed by atoms with Gasteiger partial charge in [-0.15, -0.1) is 11.3 Å². The molecule has 1 aromatic heterocycles. The molecule has 3 heterocycles. The number of esters is 1. The highest BCUT2D eigenvalue weighted by Crippen LogP contribution is 2.35. The summed E-state index contributed by atoms with van der Waals surface area (Å²) in [7, 11) is 0.